The van der Waals surface area contributed by atoms with E-state index in [1.165, 1.54) is 96.3 Å². The summed E-state index contributed by atoms with van der Waals surface area (Å²) in [7, 11) is 0. The van der Waals surface area contributed by atoms with Crippen molar-refractivity contribution in [1.82, 2.24) is 5.32 Å². The van der Waals surface area contributed by atoms with Crippen molar-refractivity contribution in [3.05, 3.63) is 0 Å². The number of esters is 1. The van der Waals surface area contributed by atoms with Gasteiger partial charge in [-0.2, -0.15) is 0 Å². The molecule has 2 N–H and O–H groups in total. The molecule has 6 nitrogen and oxygen atoms in total. The largest absolute Gasteiger partial charge is 0.480 e. The van der Waals surface area contributed by atoms with Crippen LogP contribution in [0.2, 0.25) is 0 Å². The van der Waals surface area contributed by atoms with E-state index in [-0.39, 0.29) is 24.5 Å². The second-order valence-corrected chi connectivity index (χ2v) is 11.8. The molecule has 0 bridgehead atoms. The van der Waals surface area contributed by atoms with E-state index in [0.717, 1.165) is 64.2 Å². The van der Waals surface area contributed by atoms with Crippen LogP contribution in [-0.2, 0) is 19.1 Å². The molecular formula is C34H65NO5. The van der Waals surface area contributed by atoms with E-state index < -0.39 is 5.97 Å². The van der Waals surface area contributed by atoms with Crippen LogP contribution >= 0.6 is 0 Å². The first kappa shape index (κ1) is 38.4. The highest BCUT2D eigenvalue weighted by Gasteiger charge is 2.14. The Morgan fingerprint density at radius 1 is 0.550 bits per heavy atom. The monoisotopic (exact) mass is 567 g/mol. The number of aliphatic carboxylic acids is 1. The number of unbranched alkanes of at least 4 members (excludes halogenated alkanes) is 20. The summed E-state index contributed by atoms with van der Waals surface area (Å²) in [5, 5.41) is 11.0. The molecule has 0 radical (unpaired) electrons. The third-order valence-corrected chi connectivity index (χ3v) is 7.78. The zero-order valence-electron chi connectivity index (χ0n) is 26.5. The van der Waals surface area contributed by atoms with Gasteiger partial charge in [0, 0.05) is 12.8 Å². The highest BCUT2D eigenvalue weighted by molar-refractivity contribution is 5.80. The summed E-state index contributed by atoms with van der Waals surface area (Å²) in [6, 6.07) is 0. The van der Waals surface area contributed by atoms with Gasteiger partial charge in [-0.25, -0.2) is 0 Å². The van der Waals surface area contributed by atoms with E-state index in [0.29, 0.717) is 12.8 Å². The van der Waals surface area contributed by atoms with E-state index in [2.05, 4.69) is 19.2 Å². The number of nitrogens with one attached hydrogen (secondary N) is 1. The van der Waals surface area contributed by atoms with Gasteiger partial charge in [0.2, 0.25) is 5.91 Å². The molecule has 0 spiro atoms. The van der Waals surface area contributed by atoms with Gasteiger partial charge in [0.1, 0.15) is 12.6 Å². The van der Waals surface area contributed by atoms with Crippen LogP contribution in [0, 0.1) is 0 Å². The van der Waals surface area contributed by atoms with Gasteiger partial charge < -0.3 is 15.2 Å². The number of rotatable bonds is 31. The van der Waals surface area contributed by atoms with Crippen LogP contribution in [-0.4, -0.2) is 35.6 Å². The maximum Gasteiger partial charge on any atom is 0.322 e. The van der Waals surface area contributed by atoms with E-state index in [4.69, 9.17) is 9.84 Å². The molecule has 0 aromatic heterocycles. The van der Waals surface area contributed by atoms with Crippen molar-refractivity contribution in [3.8, 4) is 0 Å². The highest BCUT2D eigenvalue weighted by atomic mass is 16.5. The number of carbonyl (C=O) groups is 3. The van der Waals surface area contributed by atoms with Gasteiger partial charge in [0.05, 0.1) is 0 Å². The molecule has 6 heteroatoms. The first-order valence-corrected chi connectivity index (χ1v) is 17.2. The lowest BCUT2D eigenvalue weighted by molar-refractivity contribution is -0.150. The molecule has 0 fully saturated rings. The van der Waals surface area contributed by atoms with Gasteiger partial charge in [-0.3, -0.25) is 14.4 Å². The summed E-state index contributed by atoms with van der Waals surface area (Å²) in [4.78, 5) is 34.6. The van der Waals surface area contributed by atoms with E-state index in [1.54, 1.807) is 0 Å². The van der Waals surface area contributed by atoms with Crippen molar-refractivity contribution in [3.63, 3.8) is 0 Å². The number of hydrogen-bond donors (Lipinski definition) is 2. The minimum atomic E-state index is -1.02. The third kappa shape index (κ3) is 29.4. The van der Waals surface area contributed by atoms with Crippen LogP contribution in [0.3, 0.4) is 0 Å². The maximum absolute atomic E-state index is 12.5. The topological polar surface area (TPSA) is 92.7 Å². The number of ether oxygens (including phenoxy) is 1. The molecule has 0 rings (SSSR count). The minimum Gasteiger partial charge on any atom is -0.480 e. The van der Waals surface area contributed by atoms with Gasteiger partial charge in [-0.1, -0.05) is 136 Å². The SMILES string of the molecule is CCCCCCCCCCCCCCC(=O)OC(CCCCCCCC)CCCCCCCC(=O)NCC(=O)O. The molecule has 0 heterocycles. The van der Waals surface area contributed by atoms with Gasteiger partial charge in [0.15, 0.2) is 0 Å². The molecule has 0 aliphatic rings. The summed E-state index contributed by atoms with van der Waals surface area (Å²) in [6.45, 7) is 4.19. The van der Waals surface area contributed by atoms with Crippen LogP contribution in [0.4, 0.5) is 0 Å². The molecule has 0 aliphatic heterocycles. The second-order valence-electron chi connectivity index (χ2n) is 11.8. The van der Waals surface area contributed by atoms with Crippen LogP contribution in [0.1, 0.15) is 187 Å². The predicted molar refractivity (Wildman–Crippen MR) is 167 cm³/mol. The number of amides is 1. The van der Waals surface area contributed by atoms with Crippen molar-refractivity contribution in [2.45, 2.75) is 193 Å². The van der Waals surface area contributed by atoms with Gasteiger partial charge in [-0.15, -0.1) is 0 Å². The zero-order chi connectivity index (χ0) is 29.5. The molecule has 0 aliphatic carbocycles. The van der Waals surface area contributed by atoms with Crippen LogP contribution in [0.25, 0.3) is 0 Å². The number of carboxylic acid groups (broad SMARTS) is 1. The highest BCUT2D eigenvalue weighted by Crippen LogP contribution is 2.18. The fraction of sp³-hybridized carbons (Fsp3) is 0.912. The maximum atomic E-state index is 12.5. The average Bonchev–Trinajstić information content (AvgIpc) is 2.93. The fourth-order valence-electron chi connectivity index (χ4n) is 5.22. The van der Waals surface area contributed by atoms with Crippen LogP contribution in [0.15, 0.2) is 0 Å². The molecule has 0 aromatic carbocycles. The van der Waals surface area contributed by atoms with Crippen LogP contribution < -0.4 is 5.32 Å². The standard InChI is InChI=1S/C34H65NO5/c1-3-5-7-9-11-12-13-14-15-16-21-25-29-34(39)40-31(26-22-18-10-8-6-4-2)27-23-19-17-20-24-28-32(36)35-30-33(37)38/h31H,3-30H2,1-2H3,(H,35,36)(H,37,38). The fourth-order valence-corrected chi connectivity index (χ4v) is 5.22. The lowest BCUT2D eigenvalue weighted by Crippen LogP contribution is -2.28. The average molecular weight is 568 g/mol. The first-order chi connectivity index (χ1) is 19.5. The number of carbonyl (C=O) groups excluding carboxylic acids is 2. The Labute approximate surface area is 247 Å². The second kappa shape index (κ2) is 30.4. The summed E-state index contributed by atoms with van der Waals surface area (Å²) >= 11 is 0. The Hall–Kier alpha value is -1.59. The van der Waals surface area contributed by atoms with E-state index in [1.807, 2.05) is 0 Å². The van der Waals surface area contributed by atoms with Crippen molar-refractivity contribution in [2.75, 3.05) is 6.54 Å². The summed E-state index contributed by atoms with van der Waals surface area (Å²) in [6.07, 6.45) is 30.8. The van der Waals surface area contributed by atoms with Crippen molar-refractivity contribution < 1.29 is 24.2 Å². The lowest BCUT2D eigenvalue weighted by Gasteiger charge is -2.18. The Morgan fingerprint density at radius 3 is 1.35 bits per heavy atom. The Morgan fingerprint density at radius 2 is 0.925 bits per heavy atom. The Balaban J connectivity index is 4.02. The minimum absolute atomic E-state index is 0.0181. The molecule has 236 valence electrons. The molecular weight excluding hydrogens is 502 g/mol. The van der Waals surface area contributed by atoms with Gasteiger partial charge in [-0.05, 0) is 38.5 Å². The predicted octanol–water partition coefficient (Wildman–Crippen LogP) is 9.67. The zero-order valence-corrected chi connectivity index (χ0v) is 26.5. The molecule has 1 unspecified atom stereocenters. The molecule has 1 atom stereocenters. The van der Waals surface area contributed by atoms with Crippen molar-refractivity contribution in [1.29, 1.82) is 0 Å². The van der Waals surface area contributed by atoms with Crippen LogP contribution in [0.5, 0.6) is 0 Å². The Kier molecular flexibility index (Phi) is 29.2. The van der Waals surface area contributed by atoms with E-state index in [9.17, 15) is 14.4 Å². The van der Waals surface area contributed by atoms with Crippen molar-refractivity contribution in [2.24, 2.45) is 0 Å². The van der Waals surface area contributed by atoms with Gasteiger partial charge in [0.25, 0.3) is 0 Å². The molecule has 1 amide bonds. The quantitative estimate of drug-likeness (QED) is 0.0642. The smallest absolute Gasteiger partial charge is 0.322 e. The first-order valence-electron chi connectivity index (χ1n) is 17.2. The van der Waals surface area contributed by atoms with Crippen molar-refractivity contribution >= 4 is 17.8 Å². The molecule has 0 saturated heterocycles. The summed E-state index contributed by atoms with van der Waals surface area (Å²) in [5.74, 6) is -1.23. The summed E-state index contributed by atoms with van der Waals surface area (Å²) < 4.78 is 5.94. The number of hydrogen-bond acceptors (Lipinski definition) is 4. The van der Waals surface area contributed by atoms with E-state index >= 15 is 0 Å². The van der Waals surface area contributed by atoms with Gasteiger partial charge >= 0.3 is 11.9 Å². The normalized spacial score (nSPS) is 11.8. The third-order valence-electron chi connectivity index (χ3n) is 7.78. The lowest BCUT2D eigenvalue weighted by atomic mass is 10.0. The molecule has 40 heavy (non-hydrogen) atoms. The summed E-state index contributed by atoms with van der Waals surface area (Å²) in [5.41, 5.74) is 0. The Bertz CT molecular complexity index is 595. The number of carboxylic acids is 1. The molecule has 0 aromatic rings. The molecule has 0 saturated carbocycles.